The van der Waals surface area contributed by atoms with E-state index < -0.39 is 0 Å². The summed E-state index contributed by atoms with van der Waals surface area (Å²) in [5.41, 5.74) is 0.598. The predicted octanol–water partition coefficient (Wildman–Crippen LogP) is 3.15. The monoisotopic (exact) mass is 337 g/mol. The van der Waals surface area contributed by atoms with Gasteiger partial charge in [0.15, 0.2) is 0 Å². The van der Waals surface area contributed by atoms with Crippen molar-refractivity contribution in [1.82, 2.24) is 15.3 Å². The summed E-state index contributed by atoms with van der Waals surface area (Å²) >= 11 is 0. The van der Waals surface area contributed by atoms with Crippen LogP contribution in [0, 0.1) is 5.82 Å². The van der Waals surface area contributed by atoms with E-state index in [4.69, 9.17) is 0 Å². The SMILES string of the molecule is Fc1c(CNc2nccc(NC3CCNC3)n2)ccc2ccccc12. The Bertz CT molecular complexity index is 877. The molecule has 0 aliphatic carbocycles. The lowest BCUT2D eigenvalue weighted by Gasteiger charge is -2.13. The third kappa shape index (κ3) is 3.53. The summed E-state index contributed by atoms with van der Waals surface area (Å²) in [6.07, 6.45) is 2.78. The van der Waals surface area contributed by atoms with E-state index in [9.17, 15) is 4.39 Å². The molecule has 4 rings (SSSR count). The number of anilines is 2. The minimum Gasteiger partial charge on any atom is -0.366 e. The number of rotatable bonds is 5. The van der Waals surface area contributed by atoms with Crippen LogP contribution in [0.15, 0.2) is 48.7 Å². The second-order valence-electron chi connectivity index (χ2n) is 6.21. The van der Waals surface area contributed by atoms with Gasteiger partial charge in [-0.25, -0.2) is 9.37 Å². The van der Waals surface area contributed by atoms with E-state index in [2.05, 4.69) is 25.9 Å². The number of halogens is 1. The van der Waals surface area contributed by atoms with Crippen molar-refractivity contribution in [3.8, 4) is 0 Å². The third-order valence-electron chi connectivity index (χ3n) is 4.45. The zero-order chi connectivity index (χ0) is 17.1. The van der Waals surface area contributed by atoms with Gasteiger partial charge in [0.1, 0.15) is 11.6 Å². The normalized spacial score (nSPS) is 16.9. The highest BCUT2D eigenvalue weighted by atomic mass is 19.1. The van der Waals surface area contributed by atoms with Gasteiger partial charge < -0.3 is 16.0 Å². The molecular formula is C19H20FN5. The molecule has 128 valence electrons. The van der Waals surface area contributed by atoms with E-state index in [0.29, 0.717) is 29.5 Å². The second-order valence-corrected chi connectivity index (χ2v) is 6.21. The lowest BCUT2D eigenvalue weighted by atomic mass is 10.1. The van der Waals surface area contributed by atoms with Gasteiger partial charge in [-0.05, 0) is 24.4 Å². The van der Waals surface area contributed by atoms with Crippen molar-refractivity contribution < 1.29 is 4.39 Å². The fourth-order valence-corrected chi connectivity index (χ4v) is 3.10. The highest BCUT2D eigenvalue weighted by Crippen LogP contribution is 2.21. The number of fused-ring (bicyclic) bond motifs is 1. The van der Waals surface area contributed by atoms with Gasteiger partial charge in [0, 0.05) is 36.3 Å². The molecule has 2 heterocycles. The number of hydrogen-bond acceptors (Lipinski definition) is 5. The minimum absolute atomic E-state index is 0.197. The molecule has 3 aromatic rings. The van der Waals surface area contributed by atoms with Gasteiger partial charge in [-0.3, -0.25) is 0 Å². The maximum atomic E-state index is 14.6. The van der Waals surface area contributed by atoms with Crippen molar-refractivity contribution in [2.24, 2.45) is 0 Å². The number of aromatic nitrogens is 2. The summed E-state index contributed by atoms with van der Waals surface area (Å²) in [5, 5.41) is 11.3. The fraction of sp³-hybridized carbons (Fsp3) is 0.263. The largest absolute Gasteiger partial charge is 0.366 e. The Morgan fingerprint density at radius 3 is 2.96 bits per heavy atom. The molecule has 1 aliphatic heterocycles. The lowest BCUT2D eigenvalue weighted by Crippen LogP contribution is -2.22. The molecule has 0 saturated carbocycles. The van der Waals surface area contributed by atoms with Gasteiger partial charge in [0.05, 0.1) is 0 Å². The van der Waals surface area contributed by atoms with Crippen molar-refractivity contribution in [2.75, 3.05) is 23.7 Å². The molecule has 1 aliphatic rings. The molecule has 2 aromatic carbocycles. The van der Waals surface area contributed by atoms with Crippen molar-refractivity contribution >= 4 is 22.5 Å². The van der Waals surface area contributed by atoms with Crippen molar-refractivity contribution in [2.45, 2.75) is 19.0 Å². The summed E-state index contributed by atoms with van der Waals surface area (Å²) in [6.45, 7) is 2.30. The maximum absolute atomic E-state index is 14.6. The Kier molecular flexibility index (Phi) is 4.43. The van der Waals surface area contributed by atoms with Crippen LogP contribution in [0.3, 0.4) is 0 Å². The average molecular weight is 337 g/mol. The van der Waals surface area contributed by atoms with E-state index in [-0.39, 0.29) is 5.82 Å². The van der Waals surface area contributed by atoms with Crippen LogP contribution in [0.4, 0.5) is 16.2 Å². The molecule has 1 fully saturated rings. The molecule has 5 nitrogen and oxygen atoms in total. The zero-order valence-corrected chi connectivity index (χ0v) is 13.8. The third-order valence-corrected chi connectivity index (χ3v) is 4.45. The van der Waals surface area contributed by atoms with Crippen LogP contribution in [0.1, 0.15) is 12.0 Å². The van der Waals surface area contributed by atoms with E-state index in [1.807, 2.05) is 30.3 Å². The fourth-order valence-electron chi connectivity index (χ4n) is 3.10. The summed E-state index contributed by atoms with van der Waals surface area (Å²) < 4.78 is 14.6. The molecule has 25 heavy (non-hydrogen) atoms. The van der Waals surface area contributed by atoms with E-state index >= 15 is 0 Å². The first-order valence-corrected chi connectivity index (χ1v) is 8.50. The van der Waals surface area contributed by atoms with Crippen LogP contribution in [-0.2, 0) is 6.54 Å². The molecular weight excluding hydrogens is 317 g/mol. The molecule has 0 spiro atoms. The second kappa shape index (κ2) is 7.03. The van der Waals surface area contributed by atoms with Gasteiger partial charge in [-0.1, -0.05) is 36.4 Å². The summed E-state index contributed by atoms with van der Waals surface area (Å²) in [7, 11) is 0. The standard InChI is InChI=1S/C19H20FN5/c20-18-14(6-5-13-3-1-2-4-16(13)18)11-23-19-22-10-8-17(25-19)24-15-7-9-21-12-15/h1-6,8,10,15,21H,7,9,11-12H2,(H2,22,23,24,25). The Hall–Kier alpha value is -2.73. The first-order valence-electron chi connectivity index (χ1n) is 8.50. The highest BCUT2D eigenvalue weighted by molar-refractivity contribution is 5.83. The van der Waals surface area contributed by atoms with E-state index in [0.717, 1.165) is 30.7 Å². The van der Waals surface area contributed by atoms with Gasteiger partial charge in [-0.2, -0.15) is 4.98 Å². The van der Waals surface area contributed by atoms with Gasteiger partial charge in [0.25, 0.3) is 0 Å². The molecule has 3 N–H and O–H groups in total. The molecule has 1 atom stereocenters. The molecule has 0 amide bonds. The Labute approximate surface area is 145 Å². The zero-order valence-electron chi connectivity index (χ0n) is 13.8. The van der Waals surface area contributed by atoms with Crippen molar-refractivity contribution in [1.29, 1.82) is 0 Å². The Balaban J connectivity index is 1.47. The quantitative estimate of drug-likeness (QED) is 0.668. The van der Waals surface area contributed by atoms with Gasteiger partial charge in [-0.15, -0.1) is 0 Å². The minimum atomic E-state index is -0.197. The maximum Gasteiger partial charge on any atom is 0.224 e. The molecule has 0 bridgehead atoms. The van der Waals surface area contributed by atoms with Gasteiger partial charge in [0.2, 0.25) is 5.95 Å². The lowest BCUT2D eigenvalue weighted by molar-refractivity contribution is 0.625. The van der Waals surface area contributed by atoms with Crippen LogP contribution in [-0.4, -0.2) is 29.1 Å². The molecule has 0 radical (unpaired) electrons. The number of nitrogens with zero attached hydrogens (tertiary/aromatic N) is 2. The number of hydrogen-bond donors (Lipinski definition) is 3. The predicted molar refractivity (Wildman–Crippen MR) is 98.2 cm³/mol. The van der Waals surface area contributed by atoms with Crippen LogP contribution < -0.4 is 16.0 Å². The molecule has 1 saturated heterocycles. The van der Waals surface area contributed by atoms with Crippen molar-refractivity contribution in [3.63, 3.8) is 0 Å². The molecule has 6 heteroatoms. The van der Waals surface area contributed by atoms with Crippen LogP contribution >= 0.6 is 0 Å². The average Bonchev–Trinajstić information content (AvgIpc) is 3.15. The van der Waals surface area contributed by atoms with Crippen molar-refractivity contribution in [3.05, 3.63) is 60.0 Å². The number of nitrogens with one attached hydrogen (secondary N) is 3. The summed E-state index contributed by atoms with van der Waals surface area (Å²) in [6, 6.07) is 13.4. The summed E-state index contributed by atoms with van der Waals surface area (Å²) in [5.74, 6) is 1.07. The van der Waals surface area contributed by atoms with E-state index in [1.165, 1.54) is 0 Å². The highest BCUT2D eigenvalue weighted by Gasteiger charge is 2.14. The first kappa shape index (κ1) is 15.8. The first-order chi connectivity index (χ1) is 12.3. The molecule has 1 unspecified atom stereocenters. The number of benzene rings is 2. The topological polar surface area (TPSA) is 61.9 Å². The smallest absolute Gasteiger partial charge is 0.224 e. The van der Waals surface area contributed by atoms with Crippen LogP contribution in [0.2, 0.25) is 0 Å². The Morgan fingerprint density at radius 2 is 2.08 bits per heavy atom. The molecule has 1 aromatic heterocycles. The van der Waals surface area contributed by atoms with Crippen LogP contribution in [0.25, 0.3) is 10.8 Å². The summed E-state index contributed by atoms with van der Waals surface area (Å²) in [4.78, 5) is 8.68. The van der Waals surface area contributed by atoms with Crippen LogP contribution in [0.5, 0.6) is 0 Å². The van der Waals surface area contributed by atoms with Gasteiger partial charge >= 0.3 is 0 Å². The Morgan fingerprint density at radius 1 is 1.16 bits per heavy atom. The van der Waals surface area contributed by atoms with E-state index in [1.54, 1.807) is 18.3 Å².